The van der Waals surface area contributed by atoms with Crippen molar-refractivity contribution in [2.75, 3.05) is 10.6 Å². The molecule has 2 N–H and O–H groups in total. The van der Waals surface area contributed by atoms with E-state index in [1.54, 1.807) is 12.3 Å². The molecule has 1 saturated carbocycles. The van der Waals surface area contributed by atoms with Crippen molar-refractivity contribution in [3.63, 3.8) is 0 Å². The Morgan fingerprint density at radius 2 is 2.25 bits per heavy atom. The maximum Gasteiger partial charge on any atom is 0.227 e. The first-order chi connectivity index (χ1) is 7.74. The van der Waals surface area contributed by atoms with Gasteiger partial charge in [0.2, 0.25) is 5.91 Å². The summed E-state index contributed by atoms with van der Waals surface area (Å²) in [5, 5.41) is 0. The molecular formula is C12H15N3O. The normalized spacial score (nSPS) is 28.5. The highest BCUT2D eigenvalue weighted by atomic mass is 16.2. The molecule has 1 saturated heterocycles. The summed E-state index contributed by atoms with van der Waals surface area (Å²) < 4.78 is 0. The summed E-state index contributed by atoms with van der Waals surface area (Å²) in [4.78, 5) is 18.0. The third-order valence-electron chi connectivity index (χ3n) is 3.66. The van der Waals surface area contributed by atoms with Gasteiger partial charge in [-0.2, -0.15) is 0 Å². The van der Waals surface area contributed by atoms with E-state index in [4.69, 9.17) is 5.73 Å². The van der Waals surface area contributed by atoms with Crippen LogP contribution in [0.5, 0.6) is 0 Å². The molecule has 2 bridgehead atoms. The molecule has 0 aromatic carbocycles. The second-order valence-electron chi connectivity index (χ2n) is 4.74. The Morgan fingerprint density at radius 3 is 3.00 bits per heavy atom. The third kappa shape index (κ3) is 1.45. The zero-order valence-corrected chi connectivity index (χ0v) is 9.10. The maximum atomic E-state index is 12.0. The lowest BCUT2D eigenvalue weighted by Crippen LogP contribution is -2.42. The summed E-state index contributed by atoms with van der Waals surface area (Å²) >= 11 is 0. The zero-order chi connectivity index (χ0) is 11.1. The smallest absolute Gasteiger partial charge is 0.227 e. The molecule has 2 fully saturated rings. The zero-order valence-electron chi connectivity index (χ0n) is 9.10. The second kappa shape index (κ2) is 3.47. The number of nitrogens with zero attached hydrogens (tertiary/aromatic N) is 2. The molecule has 1 amide bonds. The number of carbonyl (C=O) groups excluding carboxylic acids is 1. The Balaban J connectivity index is 1.93. The van der Waals surface area contributed by atoms with Gasteiger partial charge in [-0.25, -0.2) is 4.98 Å². The standard InChI is InChI=1S/C12H15N3O/c13-11-4-3-10(7-14-11)15-9-2-1-8(5-9)6-12(15)16/h3-4,7-9H,1-2,5-6H2,(H2,13,14). The Kier molecular flexibility index (Phi) is 2.09. The minimum absolute atomic E-state index is 0.241. The molecule has 2 unspecified atom stereocenters. The van der Waals surface area contributed by atoms with Gasteiger partial charge < -0.3 is 10.6 Å². The van der Waals surface area contributed by atoms with Crippen LogP contribution in [0, 0.1) is 5.92 Å². The van der Waals surface area contributed by atoms with Gasteiger partial charge in [-0.05, 0) is 37.3 Å². The number of amides is 1. The van der Waals surface area contributed by atoms with Crippen molar-refractivity contribution in [1.82, 2.24) is 4.98 Å². The summed E-state index contributed by atoms with van der Waals surface area (Å²) in [5.74, 6) is 1.36. The number of pyridine rings is 1. The van der Waals surface area contributed by atoms with E-state index in [2.05, 4.69) is 4.98 Å². The van der Waals surface area contributed by atoms with Gasteiger partial charge in [-0.15, -0.1) is 0 Å². The van der Waals surface area contributed by atoms with Crippen LogP contribution in [0.4, 0.5) is 11.5 Å². The van der Waals surface area contributed by atoms with Gasteiger partial charge in [0.25, 0.3) is 0 Å². The largest absolute Gasteiger partial charge is 0.384 e. The molecule has 16 heavy (non-hydrogen) atoms. The molecule has 2 heterocycles. The molecule has 2 atom stereocenters. The lowest BCUT2D eigenvalue weighted by Gasteiger charge is -2.33. The minimum Gasteiger partial charge on any atom is -0.384 e. The summed E-state index contributed by atoms with van der Waals surface area (Å²) in [6, 6.07) is 4.03. The van der Waals surface area contributed by atoms with Gasteiger partial charge >= 0.3 is 0 Å². The van der Waals surface area contributed by atoms with Crippen LogP contribution in [0.2, 0.25) is 0 Å². The fourth-order valence-corrected chi connectivity index (χ4v) is 2.91. The summed E-state index contributed by atoms with van der Waals surface area (Å²) in [5.41, 5.74) is 6.44. The Bertz CT molecular complexity index is 415. The number of rotatable bonds is 1. The van der Waals surface area contributed by atoms with Crippen LogP contribution < -0.4 is 10.6 Å². The van der Waals surface area contributed by atoms with Crippen LogP contribution in [-0.4, -0.2) is 16.9 Å². The maximum absolute atomic E-state index is 12.0. The molecule has 0 spiro atoms. The highest BCUT2D eigenvalue weighted by molar-refractivity contribution is 5.95. The van der Waals surface area contributed by atoms with E-state index < -0.39 is 0 Å². The number of hydrogen-bond donors (Lipinski definition) is 1. The van der Waals surface area contributed by atoms with Gasteiger partial charge in [0.05, 0.1) is 11.9 Å². The molecule has 0 radical (unpaired) electrons. The number of hydrogen-bond acceptors (Lipinski definition) is 3. The molecular weight excluding hydrogens is 202 g/mol. The average Bonchev–Trinajstić information content (AvgIpc) is 2.64. The SMILES string of the molecule is Nc1ccc(N2C(=O)CC3CCC2C3)cn1. The minimum atomic E-state index is 0.241. The molecule has 4 nitrogen and oxygen atoms in total. The fourth-order valence-electron chi connectivity index (χ4n) is 2.91. The Labute approximate surface area is 94.5 Å². The number of nitrogens with two attached hydrogens (primary N) is 1. The van der Waals surface area contributed by atoms with Crippen molar-refractivity contribution in [3.05, 3.63) is 18.3 Å². The molecule has 3 rings (SSSR count). The highest BCUT2D eigenvalue weighted by Crippen LogP contribution is 2.39. The Hall–Kier alpha value is -1.58. The van der Waals surface area contributed by atoms with Crippen LogP contribution in [0.3, 0.4) is 0 Å². The number of anilines is 2. The van der Waals surface area contributed by atoms with E-state index in [0.717, 1.165) is 18.5 Å². The first kappa shape index (κ1) is 9.63. The molecule has 1 aromatic rings. The first-order valence-electron chi connectivity index (χ1n) is 5.77. The van der Waals surface area contributed by atoms with Crippen LogP contribution in [0.25, 0.3) is 0 Å². The lowest BCUT2D eigenvalue weighted by atomic mass is 9.98. The topological polar surface area (TPSA) is 59.2 Å². The predicted octanol–water partition coefficient (Wildman–Crippen LogP) is 1.57. The molecule has 4 heteroatoms. The van der Waals surface area contributed by atoms with Gasteiger partial charge in [0.15, 0.2) is 0 Å². The molecule has 1 aromatic heterocycles. The van der Waals surface area contributed by atoms with Gasteiger partial charge in [-0.1, -0.05) is 0 Å². The van der Waals surface area contributed by atoms with Crippen molar-refractivity contribution in [2.24, 2.45) is 5.92 Å². The van der Waals surface area contributed by atoms with E-state index >= 15 is 0 Å². The quantitative estimate of drug-likeness (QED) is 0.776. The fraction of sp³-hybridized carbons (Fsp3) is 0.500. The lowest BCUT2D eigenvalue weighted by molar-refractivity contribution is -0.120. The third-order valence-corrected chi connectivity index (χ3v) is 3.66. The summed E-state index contributed by atoms with van der Waals surface area (Å²) in [6.45, 7) is 0. The predicted molar refractivity (Wildman–Crippen MR) is 61.9 cm³/mol. The molecule has 1 aliphatic heterocycles. The van der Waals surface area contributed by atoms with Crippen molar-refractivity contribution < 1.29 is 4.79 Å². The van der Waals surface area contributed by atoms with E-state index in [9.17, 15) is 4.79 Å². The van der Waals surface area contributed by atoms with E-state index in [0.29, 0.717) is 24.2 Å². The molecule has 2 aliphatic rings. The van der Waals surface area contributed by atoms with Gasteiger partial charge in [0, 0.05) is 12.5 Å². The van der Waals surface area contributed by atoms with Gasteiger partial charge in [0.1, 0.15) is 5.82 Å². The van der Waals surface area contributed by atoms with E-state index in [1.807, 2.05) is 11.0 Å². The van der Waals surface area contributed by atoms with Crippen LogP contribution in [0.15, 0.2) is 18.3 Å². The van der Waals surface area contributed by atoms with E-state index in [-0.39, 0.29) is 5.91 Å². The highest BCUT2D eigenvalue weighted by Gasteiger charge is 2.39. The Morgan fingerprint density at radius 1 is 1.38 bits per heavy atom. The van der Waals surface area contributed by atoms with Gasteiger partial charge in [-0.3, -0.25) is 4.79 Å². The number of carbonyl (C=O) groups is 1. The molecule has 1 aliphatic carbocycles. The number of fused-ring (bicyclic) bond motifs is 2. The van der Waals surface area contributed by atoms with Crippen molar-refractivity contribution >= 4 is 17.4 Å². The van der Waals surface area contributed by atoms with Crippen LogP contribution >= 0.6 is 0 Å². The number of piperidine rings is 1. The summed E-state index contributed by atoms with van der Waals surface area (Å²) in [7, 11) is 0. The first-order valence-corrected chi connectivity index (χ1v) is 5.77. The van der Waals surface area contributed by atoms with Crippen molar-refractivity contribution in [3.8, 4) is 0 Å². The average molecular weight is 217 g/mol. The van der Waals surface area contributed by atoms with Crippen molar-refractivity contribution in [2.45, 2.75) is 31.7 Å². The molecule has 84 valence electrons. The van der Waals surface area contributed by atoms with Crippen LogP contribution in [-0.2, 0) is 4.79 Å². The number of aromatic nitrogens is 1. The van der Waals surface area contributed by atoms with Crippen LogP contribution in [0.1, 0.15) is 25.7 Å². The summed E-state index contributed by atoms with van der Waals surface area (Å²) in [6.07, 6.45) is 5.86. The second-order valence-corrected chi connectivity index (χ2v) is 4.74. The van der Waals surface area contributed by atoms with E-state index in [1.165, 1.54) is 6.42 Å². The monoisotopic (exact) mass is 217 g/mol. The number of nitrogen functional groups attached to an aromatic ring is 1. The van der Waals surface area contributed by atoms with Crippen molar-refractivity contribution in [1.29, 1.82) is 0 Å².